The van der Waals surface area contributed by atoms with Crippen LogP contribution in [0.25, 0.3) is 0 Å². The Labute approximate surface area is 150 Å². The maximum Gasteiger partial charge on any atom is 0.237 e. The summed E-state index contributed by atoms with van der Waals surface area (Å²) in [5.74, 6) is -0.00907. The summed E-state index contributed by atoms with van der Waals surface area (Å²) in [6.07, 6.45) is 0.439. The second-order valence-corrected chi connectivity index (χ2v) is 7.32. The molecule has 0 aliphatic rings. The predicted molar refractivity (Wildman–Crippen MR) is 102 cm³/mol. The maximum atomic E-state index is 13.4. The maximum absolute atomic E-state index is 13.4. The molecule has 2 aromatic carbocycles. The number of nitrogens with zero attached hydrogens (tertiary/aromatic N) is 2. The highest BCUT2D eigenvalue weighted by Crippen LogP contribution is 2.39. The van der Waals surface area contributed by atoms with Gasteiger partial charge >= 0.3 is 0 Å². The summed E-state index contributed by atoms with van der Waals surface area (Å²) in [6.45, 7) is 1.91. The molecule has 4 heteroatoms. The lowest BCUT2D eigenvalue weighted by molar-refractivity contribution is -0.865. The Kier molecular flexibility index (Phi) is 5.65. The van der Waals surface area contributed by atoms with E-state index in [-0.39, 0.29) is 11.9 Å². The molecule has 0 N–H and O–H groups in total. The van der Waals surface area contributed by atoms with Gasteiger partial charge in [-0.1, -0.05) is 60.7 Å². The van der Waals surface area contributed by atoms with E-state index in [9.17, 15) is 10.0 Å². The molecule has 0 fully saturated rings. The smallest absolute Gasteiger partial charge is 0.237 e. The zero-order chi connectivity index (χ0) is 18.7. The van der Waals surface area contributed by atoms with Gasteiger partial charge in [-0.2, -0.15) is 0 Å². The van der Waals surface area contributed by atoms with Crippen LogP contribution >= 0.6 is 0 Å². The summed E-state index contributed by atoms with van der Waals surface area (Å²) in [5, 5.41) is 12.5. The summed E-state index contributed by atoms with van der Waals surface area (Å²) >= 11 is 0. The minimum Gasteiger partial charge on any atom is -0.633 e. The van der Waals surface area contributed by atoms with Gasteiger partial charge in [0.1, 0.15) is 5.41 Å². The predicted octanol–water partition coefficient (Wildman–Crippen LogP) is 3.41. The molecule has 1 atom stereocenters. The van der Waals surface area contributed by atoms with Crippen LogP contribution in [0.15, 0.2) is 60.7 Å². The molecule has 0 bridgehead atoms. The number of likely N-dealkylation sites (N-methyl/N-ethyl adjacent to an activating group) is 1. The van der Waals surface area contributed by atoms with Crippen molar-refractivity contribution in [3.63, 3.8) is 0 Å². The molecule has 0 spiro atoms. The Balaban J connectivity index is 2.72. The summed E-state index contributed by atoms with van der Waals surface area (Å²) in [5.41, 5.74) is 0.950. The highest BCUT2D eigenvalue weighted by molar-refractivity contribution is 5.92. The Morgan fingerprint density at radius 1 is 1.00 bits per heavy atom. The second kappa shape index (κ2) is 7.38. The summed E-state index contributed by atoms with van der Waals surface area (Å²) in [4.78, 5) is 15.1. The molecule has 0 saturated heterocycles. The Hall–Kier alpha value is -2.17. The number of amides is 1. The lowest BCUT2D eigenvalue weighted by atomic mass is 9.69. The van der Waals surface area contributed by atoms with Crippen molar-refractivity contribution in [2.45, 2.75) is 24.8 Å². The topological polar surface area (TPSA) is 43.4 Å². The normalized spacial score (nSPS) is 13.4. The van der Waals surface area contributed by atoms with E-state index in [4.69, 9.17) is 0 Å². The van der Waals surface area contributed by atoms with Crippen molar-refractivity contribution in [3.05, 3.63) is 77.0 Å². The molecule has 0 aromatic heterocycles. The van der Waals surface area contributed by atoms with Crippen molar-refractivity contribution >= 4 is 5.91 Å². The fraction of sp³-hybridized carbons (Fsp3) is 0.381. The highest BCUT2D eigenvalue weighted by Gasteiger charge is 2.45. The summed E-state index contributed by atoms with van der Waals surface area (Å²) < 4.78 is -0.442. The summed E-state index contributed by atoms with van der Waals surface area (Å²) in [7, 11) is 6.80. The highest BCUT2D eigenvalue weighted by atomic mass is 16.5. The van der Waals surface area contributed by atoms with Crippen molar-refractivity contribution < 1.29 is 9.44 Å². The van der Waals surface area contributed by atoms with E-state index in [1.165, 1.54) is 0 Å². The lowest BCUT2D eigenvalue weighted by Crippen LogP contribution is -2.51. The molecule has 2 rings (SSSR count). The molecule has 1 amide bonds. The van der Waals surface area contributed by atoms with Gasteiger partial charge in [0.05, 0.1) is 20.1 Å². The van der Waals surface area contributed by atoms with E-state index in [1.54, 1.807) is 33.1 Å². The Morgan fingerprint density at radius 2 is 1.40 bits per heavy atom. The molecule has 134 valence electrons. The number of benzene rings is 2. The number of quaternary nitrogens is 1. The van der Waals surface area contributed by atoms with Gasteiger partial charge in [0.15, 0.2) is 0 Å². The van der Waals surface area contributed by atoms with E-state index in [1.807, 2.05) is 67.6 Å². The van der Waals surface area contributed by atoms with Gasteiger partial charge in [-0.3, -0.25) is 4.79 Å². The number of hydrogen-bond donors (Lipinski definition) is 0. The van der Waals surface area contributed by atoms with Crippen LogP contribution in [0.5, 0.6) is 0 Å². The molecule has 0 saturated carbocycles. The Morgan fingerprint density at radius 3 is 1.72 bits per heavy atom. The minimum absolute atomic E-state index is 0.00907. The van der Waals surface area contributed by atoms with Crippen LogP contribution in [0.2, 0.25) is 0 Å². The molecule has 25 heavy (non-hydrogen) atoms. The fourth-order valence-corrected chi connectivity index (χ4v) is 3.23. The zero-order valence-corrected chi connectivity index (χ0v) is 15.8. The van der Waals surface area contributed by atoms with Crippen LogP contribution in [0.1, 0.15) is 24.5 Å². The van der Waals surface area contributed by atoms with Crippen LogP contribution in [0.3, 0.4) is 0 Å². The largest absolute Gasteiger partial charge is 0.633 e. The molecule has 0 unspecified atom stereocenters. The van der Waals surface area contributed by atoms with Gasteiger partial charge in [-0.05, 0) is 18.1 Å². The molecule has 0 heterocycles. The van der Waals surface area contributed by atoms with Crippen LogP contribution < -0.4 is 0 Å². The Bertz CT molecular complexity index is 651. The van der Waals surface area contributed by atoms with Crippen molar-refractivity contribution in [2.75, 3.05) is 28.2 Å². The number of carbonyl (C=O) groups is 1. The fourth-order valence-electron chi connectivity index (χ4n) is 3.23. The monoisotopic (exact) mass is 340 g/mol. The standard InChI is InChI=1S/C21H28N2O2/c1-17(23(4,5)25)16-21(20(24)22(2)3,18-12-8-6-9-13-18)19-14-10-7-11-15-19/h6-15,17H,16H2,1-5H3/t17-/m1/s1. The van der Waals surface area contributed by atoms with Gasteiger partial charge in [0.25, 0.3) is 0 Å². The van der Waals surface area contributed by atoms with Crippen LogP contribution in [-0.4, -0.2) is 49.7 Å². The average molecular weight is 340 g/mol. The number of carbonyl (C=O) groups excluding carboxylic acids is 1. The van der Waals surface area contributed by atoms with E-state index >= 15 is 0 Å². The van der Waals surface area contributed by atoms with Gasteiger partial charge in [-0.25, -0.2) is 0 Å². The van der Waals surface area contributed by atoms with E-state index in [2.05, 4.69) is 0 Å². The third kappa shape index (κ3) is 3.91. The van der Waals surface area contributed by atoms with Crippen molar-refractivity contribution in [1.82, 2.24) is 4.90 Å². The first-order chi connectivity index (χ1) is 11.7. The number of rotatable bonds is 6. The minimum atomic E-state index is -0.884. The van der Waals surface area contributed by atoms with E-state index in [0.29, 0.717) is 6.42 Å². The molecule has 2 aromatic rings. The number of hydrogen-bond acceptors (Lipinski definition) is 2. The molecule has 0 aliphatic carbocycles. The van der Waals surface area contributed by atoms with Crippen molar-refractivity contribution in [1.29, 1.82) is 0 Å². The quantitative estimate of drug-likeness (QED) is 0.597. The van der Waals surface area contributed by atoms with Crippen LogP contribution in [0.4, 0.5) is 0 Å². The third-order valence-corrected chi connectivity index (χ3v) is 4.97. The van der Waals surface area contributed by atoms with Crippen LogP contribution in [0, 0.1) is 5.21 Å². The lowest BCUT2D eigenvalue weighted by Gasteiger charge is -2.45. The molecule has 0 radical (unpaired) electrons. The van der Waals surface area contributed by atoms with Gasteiger partial charge in [0.2, 0.25) is 5.91 Å². The van der Waals surface area contributed by atoms with Gasteiger partial charge in [0, 0.05) is 20.5 Å². The molecular weight excluding hydrogens is 312 g/mol. The first-order valence-corrected chi connectivity index (χ1v) is 8.57. The zero-order valence-electron chi connectivity index (χ0n) is 15.8. The van der Waals surface area contributed by atoms with Crippen LogP contribution in [-0.2, 0) is 10.2 Å². The second-order valence-electron chi connectivity index (χ2n) is 7.32. The van der Waals surface area contributed by atoms with Crippen molar-refractivity contribution in [3.8, 4) is 0 Å². The van der Waals surface area contributed by atoms with E-state index < -0.39 is 10.1 Å². The average Bonchev–Trinajstić information content (AvgIpc) is 2.59. The first-order valence-electron chi connectivity index (χ1n) is 8.57. The summed E-state index contributed by atoms with van der Waals surface area (Å²) in [6, 6.07) is 19.3. The third-order valence-electron chi connectivity index (χ3n) is 4.97. The van der Waals surface area contributed by atoms with Gasteiger partial charge in [-0.15, -0.1) is 0 Å². The molecule has 4 nitrogen and oxygen atoms in total. The first kappa shape index (κ1) is 19.2. The number of hydroxylamine groups is 3. The molecular formula is C21H28N2O2. The van der Waals surface area contributed by atoms with Crippen molar-refractivity contribution in [2.24, 2.45) is 0 Å². The van der Waals surface area contributed by atoms with Gasteiger partial charge < -0.3 is 14.8 Å². The molecule has 0 aliphatic heterocycles. The SMILES string of the molecule is C[C@H](CC(C(=O)N(C)C)(c1ccccc1)c1ccccc1)[N+](C)(C)[O-]. The van der Waals surface area contributed by atoms with E-state index in [0.717, 1.165) is 11.1 Å².